The van der Waals surface area contributed by atoms with E-state index in [2.05, 4.69) is 5.32 Å². The zero-order valence-corrected chi connectivity index (χ0v) is 16.1. The summed E-state index contributed by atoms with van der Waals surface area (Å²) in [6.07, 6.45) is 3.72. The van der Waals surface area contributed by atoms with Gasteiger partial charge in [-0.25, -0.2) is 4.79 Å². The van der Waals surface area contributed by atoms with Crippen LogP contribution < -0.4 is 5.32 Å². The number of nitrogens with one attached hydrogen (secondary N) is 1. The van der Waals surface area contributed by atoms with Crippen molar-refractivity contribution in [1.29, 1.82) is 0 Å². The second kappa shape index (κ2) is 8.08. The van der Waals surface area contributed by atoms with Crippen molar-refractivity contribution in [3.8, 4) is 0 Å². The first kappa shape index (κ1) is 19.4. The molecular weight excluding hydrogens is 356 g/mol. The smallest absolute Gasteiger partial charge is 0.337 e. The number of anilines is 1. The molecule has 28 heavy (non-hydrogen) atoms. The number of fused-ring (bicyclic) bond motifs is 1. The Kier molecular flexibility index (Phi) is 5.59. The average Bonchev–Trinajstić information content (AvgIpc) is 2.68. The summed E-state index contributed by atoms with van der Waals surface area (Å²) in [5.74, 6) is -0.763. The second-order valence-corrected chi connectivity index (χ2v) is 6.66. The van der Waals surface area contributed by atoms with Crippen molar-refractivity contribution in [2.24, 2.45) is 0 Å². The van der Waals surface area contributed by atoms with Crippen LogP contribution >= 0.6 is 0 Å². The molecule has 3 rings (SSSR count). The van der Waals surface area contributed by atoms with Crippen molar-refractivity contribution >= 4 is 29.5 Å². The van der Waals surface area contributed by atoms with Gasteiger partial charge in [0.25, 0.3) is 0 Å². The van der Waals surface area contributed by atoms with Crippen LogP contribution in [0.5, 0.6) is 0 Å². The molecule has 2 aromatic rings. The third-order valence-corrected chi connectivity index (χ3v) is 4.77. The normalized spacial score (nSPS) is 15.0. The van der Waals surface area contributed by atoms with Crippen LogP contribution in [-0.2, 0) is 14.3 Å². The Morgan fingerprint density at radius 2 is 1.89 bits per heavy atom. The van der Waals surface area contributed by atoms with Crippen LogP contribution in [0.4, 0.5) is 5.69 Å². The Morgan fingerprint density at radius 3 is 2.57 bits per heavy atom. The molecule has 6 nitrogen and oxygen atoms in total. The molecule has 1 aliphatic rings. The minimum atomic E-state index is -0.427. The summed E-state index contributed by atoms with van der Waals surface area (Å²) in [4.78, 5) is 38.0. The maximum absolute atomic E-state index is 12.7. The molecule has 0 aromatic heterocycles. The summed E-state index contributed by atoms with van der Waals surface area (Å²) >= 11 is 0. The molecular formula is C22H22N2O4. The Balaban J connectivity index is 1.79. The number of hydrogen-bond donors (Lipinski definition) is 1. The van der Waals surface area contributed by atoms with E-state index in [1.54, 1.807) is 29.3 Å². The van der Waals surface area contributed by atoms with Crippen LogP contribution in [0, 0.1) is 6.92 Å². The lowest BCUT2D eigenvalue weighted by atomic mass is 9.93. The second-order valence-electron chi connectivity index (χ2n) is 6.66. The van der Waals surface area contributed by atoms with E-state index in [0.717, 1.165) is 16.7 Å². The van der Waals surface area contributed by atoms with Crippen molar-refractivity contribution in [2.45, 2.75) is 26.3 Å². The number of methoxy groups -OCH3 is 1. The van der Waals surface area contributed by atoms with E-state index < -0.39 is 5.97 Å². The van der Waals surface area contributed by atoms with Gasteiger partial charge in [-0.1, -0.05) is 24.3 Å². The SMILES string of the molecule is COC(=O)c1ccc(NC(=O)CC2c3ccccc3C=CN2C(C)=O)c(C)c1. The van der Waals surface area contributed by atoms with Gasteiger partial charge >= 0.3 is 5.97 Å². The fraction of sp³-hybridized carbons (Fsp3) is 0.227. The lowest BCUT2D eigenvalue weighted by Gasteiger charge is -2.32. The van der Waals surface area contributed by atoms with Crippen LogP contribution in [0.15, 0.2) is 48.7 Å². The van der Waals surface area contributed by atoms with E-state index in [1.165, 1.54) is 14.0 Å². The van der Waals surface area contributed by atoms with Gasteiger partial charge in [-0.3, -0.25) is 9.59 Å². The summed E-state index contributed by atoms with van der Waals surface area (Å²) < 4.78 is 4.71. The molecule has 6 heteroatoms. The molecule has 0 spiro atoms. The van der Waals surface area contributed by atoms with Gasteiger partial charge in [0.05, 0.1) is 25.1 Å². The number of aryl methyl sites for hydroxylation is 1. The number of ether oxygens (including phenoxy) is 1. The molecule has 1 atom stereocenters. The molecule has 1 unspecified atom stereocenters. The number of hydrogen-bond acceptors (Lipinski definition) is 4. The van der Waals surface area contributed by atoms with E-state index >= 15 is 0 Å². The first-order valence-corrected chi connectivity index (χ1v) is 8.95. The van der Waals surface area contributed by atoms with Crippen molar-refractivity contribution in [1.82, 2.24) is 4.90 Å². The van der Waals surface area contributed by atoms with Gasteiger partial charge in [-0.2, -0.15) is 0 Å². The molecule has 144 valence electrons. The van der Waals surface area contributed by atoms with Gasteiger partial charge in [0.15, 0.2) is 0 Å². The van der Waals surface area contributed by atoms with Crippen molar-refractivity contribution in [3.63, 3.8) is 0 Å². The van der Waals surface area contributed by atoms with Crippen molar-refractivity contribution in [2.75, 3.05) is 12.4 Å². The maximum Gasteiger partial charge on any atom is 0.337 e. The molecule has 0 fully saturated rings. The highest BCUT2D eigenvalue weighted by atomic mass is 16.5. The summed E-state index contributed by atoms with van der Waals surface area (Å²) in [5.41, 5.74) is 3.73. The monoisotopic (exact) mass is 378 g/mol. The van der Waals surface area contributed by atoms with Gasteiger partial charge in [0.2, 0.25) is 11.8 Å². The first-order valence-electron chi connectivity index (χ1n) is 8.95. The van der Waals surface area contributed by atoms with E-state index in [9.17, 15) is 14.4 Å². The molecule has 0 bridgehead atoms. The van der Waals surface area contributed by atoms with Gasteiger partial charge in [-0.05, 0) is 47.9 Å². The Hall–Kier alpha value is -3.41. The number of rotatable bonds is 4. The topological polar surface area (TPSA) is 75.7 Å². The summed E-state index contributed by atoms with van der Waals surface area (Å²) in [6, 6.07) is 12.3. The molecule has 1 heterocycles. The number of benzene rings is 2. The van der Waals surface area contributed by atoms with Gasteiger partial charge < -0.3 is 15.0 Å². The highest BCUT2D eigenvalue weighted by molar-refractivity contribution is 5.94. The molecule has 0 saturated carbocycles. The molecule has 0 radical (unpaired) electrons. The Labute approximate surface area is 163 Å². The number of nitrogens with zero attached hydrogens (tertiary/aromatic N) is 1. The number of carbonyl (C=O) groups excluding carboxylic acids is 3. The van der Waals surface area contributed by atoms with E-state index in [1.807, 2.05) is 37.3 Å². The zero-order chi connectivity index (χ0) is 20.3. The van der Waals surface area contributed by atoms with Crippen LogP contribution in [0.1, 0.15) is 46.4 Å². The zero-order valence-electron chi connectivity index (χ0n) is 16.1. The molecule has 0 saturated heterocycles. The molecule has 2 amide bonds. The minimum absolute atomic E-state index is 0.123. The number of esters is 1. The third-order valence-electron chi connectivity index (χ3n) is 4.77. The highest BCUT2D eigenvalue weighted by Crippen LogP contribution is 2.33. The predicted octanol–water partition coefficient (Wildman–Crippen LogP) is 3.68. The number of carbonyl (C=O) groups is 3. The average molecular weight is 378 g/mol. The largest absolute Gasteiger partial charge is 0.465 e. The summed E-state index contributed by atoms with van der Waals surface area (Å²) in [7, 11) is 1.32. The summed E-state index contributed by atoms with van der Waals surface area (Å²) in [6.45, 7) is 3.29. The fourth-order valence-electron chi connectivity index (χ4n) is 3.34. The molecule has 1 aliphatic heterocycles. The van der Waals surface area contributed by atoms with Crippen LogP contribution in [0.3, 0.4) is 0 Å². The molecule has 0 aliphatic carbocycles. The highest BCUT2D eigenvalue weighted by Gasteiger charge is 2.28. The lowest BCUT2D eigenvalue weighted by molar-refractivity contribution is -0.129. The molecule has 2 aromatic carbocycles. The fourth-order valence-corrected chi connectivity index (χ4v) is 3.34. The first-order chi connectivity index (χ1) is 13.4. The minimum Gasteiger partial charge on any atom is -0.465 e. The quantitative estimate of drug-likeness (QED) is 0.824. The maximum atomic E-state index is 12.7. The van der Waals surface area contributed by atoms with Crippen molar-refractivity contribution < 1.29 is 19.1 Å². The van der Waals surface area contributed by atoms with Gasteiger partial charge in [-0.15, -0.1) is 0 Å². The molecule has 1 N–H and O–H groups in total. The van der Waals surface area contributed by atoms with E-state index in [0.29, 0.717) is 11.3 Å². The van der Waals surface area contributed by atoms with Crippen LogP contribution in [0.25, 0.3) is 6.08 Å². The standard InChI is InChI=1S/C22H22N2O4/c1-14-12-17(22(27)28-3)8-9-19(14)23-21(26)13-20-18-7-5-4-6-16(18)10-11-24(20)15(2)25/h4-12,20H,13H2,1-3H3,(H,23,26). The predicted molar refractivity (Wildman–Crippen MR) is 107 cm³/mol. The lowest BCUT2D eigenvalue weighted by Crippen LogP contribution is -2.33. The summed E-state index contributed by atoms with van der Waals surface area (Å²) in [5, 5.41) is 2.88. The van der Waals surface area contributed by atoms with E-state index in [4.69, 9.17) is 4.74 Å². The van der Waals surface area contributed by atoms with Crippen LogP contribution in [-0.4, -0.2) is 29.8 Å². The van der Waals surface area contributed by atoms with Gasteiger partial charge in [0, 0.05) is 18.8 Å². The van der Waals surface area contributed by atoms with Crippen LogP contribution in [0.2, 0.25) is 0 Å². The van der Waals surface area contributed by atoms with Gasteiger partial charge in [0.1, 0.15) is 0 Å². The van der Waals surface area contributed by atoms with E-state index in [-0.39, 0.29) is 24.3 Å². The Bertz CT molecular complexity index is 965. The Morgan fingerprint density at radius 1 is 1.14 bits per heavy atom. The number of amides is 2. The van der Waals surface area contributed by atoms with Crippen molar-refractivity contribution in [3.05, 3.63) is 70.9 Å². The third kappa shape index (κ3) is 3.96.